The van der Waals surface area contributed by atoms with Crippen LogP contribution in [0.25, 0.3) is 0 Å². The number of para-hydroxylation sites is 1. The van der Waals surface area contributed by atoms with E-state index < -0.39 is 0 Å². The maximum atomic E-state index is 13.5. The molecule has 0 aliphatic carbocycles. The Kier molecular flexibility index (Phi) is 1.92. The maximum Gasteiger partial charge on any atom is 0.139 e. The molecular formula is C12H8FNS. The number of hydrogen-bond donors (Lipinski definition) is 1. The lowest BCUT2D eigenvalue weighted by atomic mass is 10.2. The first-order valence-corrected chi connectivity index (χ1v) is 5.49. The zero-order chi connectivity index (χ0) is 10.3. The van der Waals surface area contributed by atoms with Gasteiger partial charge in [0.15, 0.2) is 0 Å². The second-order valence-electron chi connectivity index (χ2n) is 3.34. The molecule has 0 atom stereocenters. The van der Waals surface area contributed by atoms with E-state index in [0.717, 1.165) is 16.3 Å². The van der Waals surface area contributed by atoms with Gasteiger partial charge in [-0.15, -0.1) is 0 Å². The summed E-state index contributed by atoms with van der Waals surface area (Å²) in [5.41, 5.74) is 1.89. The molecule has 1 heterocycles. The van der Waals surface area contributed by atoms with Crippen molar-refractivity contribution >= 4 is 23.1 Å². The number of halogens is 1. The molecule has 3 rings (SSSR count). The van der Waals surface area contributed by atoms with E-state index in [0.29, 0.717) is 4.90 Å². The monoisotopic (exact) mass is 217 g/mol. The van der Waals surface area contributed by atoms with Crippen molar-refractivity contribution in [3.63, 3.8) is 0 Å². The molecule has 0 fully saturated rings. The van der Waals surface area contributed by atoms with Crippen LogP contribution in [0.2, 0.25) is 0 Å². The van der Waals surface area contributed by atoms with Crippen molar-refractivity contribution < 1.29 is 4.39 Å². The summed E-state index contributed by atoms with van der Waals surface area (Å²) in [6.07, 6.45) is 0. The van der Waals surface area contributed by atoms with Gasteiger partial charge in [0.2, 0.25) is 0 Å². The summed E-state index contributed by atoms with van der Waals surface area (Å²) in [5, 5.41) is 3.22. The molecule has 0 aromatic heterocycles. The van der Waals surface area contributed by atoms with Gasteiger partial charge in [-0.05, 0) is 24.3 Å². The summed E-state index contributed by atoms with van der Waals surface area (Å²) in [6.45, 7) is 0. The molecule has 0 bridgehead atoms. The lowest BCUT2D eigenvalue weighted by Gasteiger charge is -2.20. The summed E-state index contributed by atoms with van der Waals surface area (Å²) >= 11 is 1.47. The van der Waals surface area contributed by atoms with Crippen molar-refractivity contribution in [3.8, 4) is 0 Å². The molecule has 0 amide bonds. The summed E-state index contributed by atoms with van der Waals surface area (Å²) < 4.78 is 13.5. The molecular weight excluding hydrogens is 209 g/mol. The predicted octanol–water partition coefficient (Wildman–Crippen LogP) is 4.03. The highest BCUT2D eigenvalue weighted by Gasteiger charge is 2.17. The third kappa shape index (κ3) is 1.39. The van der Waals surface area contributed by atoms with E-state index >= 15 is 0 Å². The molecule has 1 nitrogen and oxygen atoms in total. The van der Waals surface area contributed by atoms with Crippen molar-refractivity contribution in [2.75, 3.05) is 5.32 Å². The van der Waals surface area contributed by atoms with E-state index in [-0.39, 0.29) is 5.82 Å². The maximum absolute atomic E-state index is 13.5. The molecule has 74 valence electrons. The van der Waals surface area contributed by atoms with Crippen LogP contribution >= 0.6 is 11.8 Å². The minimum atomic E-state index is -0.167. The molecule has 0 saturated carbocycles. The van der Waals surface area contributed by atoms with Gasteiger partial charge in [-0.2, -0.15) is 0 Å². The first kappa shape index (κ1) is 8.80. The van der Waals surface area contributed by atoms with Crippen molar-refractivity contribution in [2.45, 2.75) is 9.79 Å². The summed E-state index contributed by atoms with van der Waals surface area (Å²) in [7, 11) is 0. The van der Waals surface area contributed by atoms with Crippen LogP contribution in [-0.4, -0.2) is 0 Å². The lowest BCUT2D eigenvalue weighted by Crippen LogP contribution is -2.00. The first-order chi connectivity index (χ1) is 7.34. The largest absolute Gasteiger partial charge is 0.354 e. The SMILES string of the molecule is Fc1cccc2c1Sc1ccccc1N2. The second-order valence-corrected chi connectivity index (χ2v) is 4.39. The Labute approximate surface area is 91.3 Å². The predicted molar refractivity (Wildman–Crippen MR) is 60.2 cm³/mol. The normalized spacial score (nSPS) is 12.6. The van der Waals surface area contributed by atoms with Gasteiger partial charge in [0.25, 0.3) is 0 Å². The van der Waals surface area contributed by atoms with E-state index in [1.54, 1.807) is 6.07 Å². The Hall–Kier alpha value is -1.48. The number of fused-ring (bicyclic) bond motifs is 2. The van der Waals surface area contributed by atoms with E-state index in [4.69, 9.17) is 0 Å². The van der Waals surface area contributed by atoms with E-state index in [9.17, 15) is 4.39 Å². The minimum absolute atomic E-state index is 0.167. The molecule has 0 unspecified atom stereocenters. The molecule has 1 aliphatic heterocycles. The molecule has 0 spiro atoms. The fraction of sp³-hybridized carbons (Fsp3) is 0. The molecule has 1 N–H and O–H groups in total. The molecule has 0 radical (unpaired) electrons. The topological polar surface area (TPSA) is 12.0 Å². The Morgan fingerprint density at radius 1 is 0.933 bits per heavy atom. The van der Waals surface area contributed by atoms with Crippen LogP contribution in [0.3, 0.4) is 0 Å². The quantitative estimate of drug-likeness (QED) is 0.610. The van der Waals surface area contributed by atoms with Gasteiger partial charge in [0.1, 0.15) is 5.82 Å². The smallest absolute Gasteiger partial charge is 0.139 e. The number of benzene rings is 2. The highest BCUT2D eigenvalue weighted by Crippen LogP contribution is 2.44. The van der Waals surface area contributed by atoms with E-state index in [1.807, 2.05) is 30.3 Å². The average Bonchev–Trinajstić information content (AvgIpc) is 2.27. The molecule has 1 aliphatic rings. The highest BCUT2D eigenvalue weighted by atomic mass is 32.2. The van der Waals surface area contributed by atoms with Gasteiger partial charge in [0.05, 0.1) is 16.3 Å². The van der Waals surface area contributed by atoms with Crippen molar-refractivity contribution in [2.24, 2.45) is 0 Å². The Balaban J connectivity index is 2.15. The van der Waals surface area contributed by atoms with Gasteiger partial charge in [-0.1, -0.05) is 30.0 Å². The van der Waals surface area contributed by atoms with Crippen molar-refractivity contribution in [3.05, 3.63) is 48.3 Å². The van der Waals surface area contributed by atoms with Crippen LogP contribution in [0.15, 0.2) is 52.3 Å². The molecule has 2 aromatic carbocycles. The summed E-state index contributed by atoms with van der Waals surface area (Å²) in [5.74, 6) is -0.167. The van der Waals surface area contributed by atoms with Gasteiger partial charge in [-0.3, -0.25) is 0 Å². The van der Waals surface area contributed by atoms with Crippen molar-refractivity contribution in [1.82, 2.24) is 0 Å². The zero-order valence-electron chi connectivity index (χ0n) is 7.83. The molecule has 3 heteroatoms. The Bertz CT molecular complexity index is 525. The number of anilines is 2. The van der Waals surface area contributed by atoms with Crippen LogP contribution in [0.1, 0.15) is 0 Å². The summed E-state index contributed by atoms with van der Waals surface area (Å²) in [4.78, 5) is 1.74. The van der Waals surface area contributed by atoms with Crippen LogP contribution in [0.4, 0.5) is 15.8 Å². The van der Waals surface area contributed by atoms with Crippen LogP contribution in [0.5, 0.6) is 0 Å². The Morgan fingerprint density at radius 3 is 2.67 bits per heavy atom. The van der Waals surface area contributed by atoms with Crippen LogP contribution < -0.4 is 5.32 Å². The number of hydrogen-bond acceptors (Lipinski definition) is 2. The summed E-state index contributed by atoms with van der Waals surface area (Å²) in [6, 6.07) is 13.0. The zero-order valence-corrected chi connectivity index (χ0v) is 8.64. The van der Waals surface area contributed by atoms with Crippen molar-refractivity contribution in [1.29, 1.82) is 0 Å². The lowest BCUT2D eigenvalue weighted by molar-refractivity contribution is 0.603. The molecule has 15 heavy (non-hydrogen) atoms. The second kappa shape index (κ2) is 3.28. The number of rotatable bonds is 0. The van der Waals surface area contributed by atoms with Gasteiger partial charge >= 0.3 is 0 Å². The number of nitrogens with one attached hydrogen (secondary N) is 1. The average molecular weight is 217 g/mol. The van der Waals surface area contributed by atoms with E-state index in [2.05, 4.69) is 5.32 Å². The fourth-order valence-corrected chi connectivity index (χ4v) is 2.62. The first-order valence-electron chi connectivity index (χ1n) is 4.67. The van der Waals surface area contributed by atoms with Crippen LogP contribution in [0, 0.1) is 5.82 Å². The van der Waals surface area contributed by atoms with E-state index in [1.165, 1.54) is 17.8 Å². The fourth-order valence-electron chi connectivity index (χ4n) is 1.62. The van der Waals surface area contributed by atoms with Gasteiger partial charge < -0.3 is 5.32 Å². The standard InChI is InChI=1S/C12H8FNS/c13-8-4-3-6-10-12(8)15-11-7-2-1-5-9(11)14-10/h1-7,14H. The van der Waals surface area contributed by atoms with Gasteiger partial charge in [0, 0.05) is 4.90 Å². The molecule has 2 aromatic rings. The van der Waals surface area contributed by atoms with Gasteiger partial charge in [-0.25, -0.2) is 4.39 Å². The van der Waals surface area contributed by atoms with Crippen LogP contribution in [-0.2, 0) is 0 Å². The molecule has 0 saturated heterocycles. The minimum Gasteiger partial charge on any atom is -0.354 e. The Morgan fingerprint density at radius 2 is 1.73 bits per heavy atom. The third-order valence-electron chi connectivity index (χ3n) is 2.34. The third-order valence-corrected chi connectivity index (χ3v) is 3.53. The highest BCUT2D eigenvalue weighted by molar-refractivity contribution is 7.99.